The second kappa shape index (κ2) is 7.80. The quantitative estimate of drug-likeness (QED) is 0.764. The van der Waals surface area contributed by atoms with Crippen molar-refractivity contribution in [2.24, 2.45) is 0 Å². The Morgan fingerprint density at radius 3 is 2.62 bits per heavy atom. The van der Waals surface area contributed by atoms with E-state index in [0.717, 1.165) is 25.7 Å². The van der Waals surface area contributed by atoms with Crippen molar-refractivity contribution >= 4 is 32.8 Å². The fourth-order valence-corrected chi connectivity index (χ4v) is 5.17. The third-order valence-corrected chi connectivity index (χ3v) is 7.64. The fraction of sp³-hybridized carbons (Fsp3) is 0.421. The largest absolute Gasteiger partial charge is 0.506 e. The highest BCUT2D eigenvalue weighted by Crippen LogP contribution is 2.31. The third-order valence-electron chi connectivity index (χ3n) is 4.68. The standard InChI is InChI=1S/C19H23NO4S2/c1-2-26(23,24)14-9-10-16(21)15(12-14)20-19(22)18-11-13-7-5-3-4-6-8-17(13)25-18/h9-12,21H,2-8H2,1H3,(H,20,22). The number of carbonyl (C=O) groups is 1. The molecule has 140 valence electrons. The van der Waals surface area contributed by atoms with Crippen molar-refractivity contribution in [3.8, 4) is 5.75 Å². The van der Waals surface area contributed by atoms with Crippen molar-refractivity contribution < 1.29 is 18.3 Å². The third kappa shape index (κ3) is 4.10. The number of aromatic hydroxyl groups is 1. The number of thiophene rings is 1. The lowest BCUT2D eigenvalue weighted by Gasteiger charge is -2.09. The summed E-state index contributed by atoms with van der Waals surface area (Å²) in [6.45, 7) is 1.56. The average Bonchev–Trinajstić information content (AvgIpc) is 2.99. The molecule has 0 saturated carbocycles. The second-order valence-corrected chi connectivity index (χ2v) is 9.92. The Hall–Kier alpha value is -1.86. The van der Waals surface area contributed by atoms with Crippen LogP contribution in [0.15, 0.2) is 29.2 Å². The number of nitrogens with one attached hydrogen (secondary N) is 1. The van der Waals surface area contributed by atoms with Gasteiger partial charge in [0.15, 0.2) is 9.84 Å². The van der Waals surface area contributed by atoms with Crippen LogP contribution in [0.5, 0.6) is 5.75 Å². The number of anilines is 1. The van der Waals surface area contributed by atoms with Crippen LogP contribution in [0, 0.1) is 0 Å². The molecule has 3 rings (SSSR count). The van der Waals surface area contributed by atoms with Crippen LogP contribution in [0.2, 0.25) is 0 Å². The highest BCUT2D eigenvalue weighted by molar-refractivity contribution is 7.91. The maximum atomic E-state index is 12.6. The number of phenolic OH excluding ortho intramolecular Hbond substituents is 1. The minimum Gasteiger partial charge on any atom is -0.506 e. The van der Waals surface area contributed by atoms with Gasteiger partial charge >= 0.3 is 0 Å². The Bertz CT molecular complexity index is 890. The van der Waals surface area contributed by atoms with Gasteiger partial charge in [-0.3, -0.25) is 4.79 Å². The van der Waals surface area contributed by atoms with Crippen molar-refractivity contribution in [3.05, 3.63) is 39.6 Å². The van der Waals surface area contributed by atoms with E-state index in [1.54, 1.807) is 6.92 Å². The number of rotatable bonds is 4. The fourth-order valence-electron chi connectivity index (χ4n) is 3.12. The topological polar surface area (TPSA) is 83.5 Å². The Morgan fingerprint density at radius 2 is 1.88 bits per heavy atom. The number of phenols is 1. The summed E-state index contributed by atoms with van der Waals surface area (Å²) in [6, 6.07) is 5.90. The zero-order valence-electron chi connectivity index (χ0n) is 14.7. The first-order valence-corrected chi connectivity index (χ1v) is 11.4. The first-order valence-electron chi connectivity index (χ1n) is 8.89. The Labute approximate surface area is 158 Å². The molecular formula is C19H23NO4S2. The molecule has 2 aromatic rings. The molecule has 1 aliphatic carbocycles. The summed E-state index contributed by atoms with van der Waals surface area (Å²) in [6.07, 6.45) is 6.74. The van der Waals surface area contributed by atoms with E-state index in [4.69, 9.17) is 0 Å². The molecule has 0 radical (unpaired) electrons. The lowest BCUT2D eigenvalue weighted by atomic mass is 10.00. The number of carbonyl (C=O) groups excluding carboxylic acids is 1. The summed E-state index contributed by atoms with van der Waals surface area (Å²) < 4.78 is 24.1. The van der Waals surface area contributed by atoms with Crippen LogP contribution in [-0.4, -0.2) is 25.2 Å². The van der Waals surface area contributed by atoms with E-state index in [2.05, 4.69) is 5.32 Å². The number of sulfone groups is 1. The number of hydrogen-bond acceptors (Lipinski definition) is 5. The first-order chi connectivity index (χ1) is 12.4. The van der Waals surface area contributed by atoms with Gasteiger partial charge < -0.3 is 10.4 Å². The molecule has 0 aliphatic heterocycles. The van der Waals surface area contributed by atoms with Gasteiger partial charge in [0.05, 0.1) is 21.2 Å². The highest BCUT2D eigenvalue weighted by Gasteiger charge is 2.19. The van der Waals surface area contributed by atoms with Gasteiger partial charge in [-0.15, -0.1) is 11.3 Å². The minimum atomic E-state index is -3.41. The van der Waals surface area contributed by atoms with Gasteiger partial charge in [-0.25, -0.2) is 8.42 Å². The molecule has 1 amide bonds. The van der Waals surface area contributed by atoms with Crippen LogP contribution in [0.3, 0.4) is 0 Å². The van der Waals surface area contributed by atoms with Gasteiger partial charge in [0.2, 0.25) is 0 Å². The van der Waals surface area contributed by atoms with Gasteiger partial charge in [0, 0.05) is 4.88 Å². The second-order valence-electron chi connectivity index (χ2n) is 6.51. The molecule has 0 bridgehead atoms. The molecule has 7 heteroatoms. The van der Waals surface area contributed by atoms with E-state index in [1.165, 1.54) is 52.8 Å². The summed E-state index contributed by atoms with van der Waals surface area (Å²) in [4.78, 5) is 14.6. The molecule has 0 unspecified atom stereocenters. The van der Waals surface area contributed by atoms with Gasteiger partial charge in [0.1, 0.15) is 5.75 Å². The molecule has 1 aromatic heterocycles. The minimum absolute atomic E-state index is 0.0389. The normalized spacial score (nSPS) is 15.0. The molecule has 0 atom stereocenters. The predicted octanol–water partition coefficient (Wildman–Crippen LogP) is 4.16. The number of amides is 1. The molecule has 0 fully saturated rings. The first kappa shape index (κ1) is 18.9. The molecule has 2 N–H and O–H groups in total. The summed E-state index contributed by atoms with van der Waals surface area (Å²) in [5.41, 5.74) is 1.36. The monoisotopic (exact) mass is 393 g/mol. The summed E-state index contributed by atoms with van der Waals surface area (Å²) in [7, 11) is -3.41. The summed E-state index contributed by atoms with van der Waals surface area (Å²) >= 11 is 1.49. The average molecular weight is 394 g/mol. The molecule has 0 spiro atoms. The zero-order chi connectivity index (χ0) is 18.7. The molecule has 1 aliphatic rings. The molecule has 5 nitrogen and oxygen atoms in total. The van der Waals surface area contributed by atoms with Crippen molar-refractivity contribution in [3.63, 3.8) is 0 Å². The van der Waals surface area contributed by atoms with E-state index in [1.807, 2.05) is 6.07 Å². The maximum absolute atomic E-state index is 12.6. The smallest absolute Gasteiger partial charge is 0.265 e. The number of fused-ring (bicyclic) bond motifs is 1. The van der Waals surface area contributed by atoms with Crippen molar-refractivity contribution in [1.82, 2.24) is 0 Å². The summed E-state index contributed by atoms with van der Waals surface area (Å²) in [5.74, 6) is -0.505. The van der Waals surface area contributed by atoms with Gasteiger partial charge in [0.25, 0.3) is 5.91 Å². The van der Waals surface area contributed by atoms with Gasteiger partial charge in [-0.1, -0.05) is 19.8 Å². The Morgan fingerprint density at radius 1 is 1.15 bits per heavy atom. The molecule has 0 saturated heterocycles. The van der Waals surface area contributed by atoms with E-state index < -0.39 is 9.84 Å². The van der Waals surface area contributed by atoms with Crippen LogP contribution in [-0.2, 0) is 22.7 Å². The SMILES string of the molecule is CCS(=O)(=O)c1ccc(O)c(NC(=O)c2cc3c(s2)CCCCCC3)c1. The van der Waals surface area contributed by atoms with Crippen molar-refractivity contribution in [2.75, 3.05) is 11.1 Å². The molecule has 1 aromatic carbocycles. The number of benzene rings is 1. The molecule has 1 heterocycles. The lowest BCUT2D eigenvalue weighted by molar-refractivity contribution is 0.103. The van der Waals surface area contributed by atoms with Crippen LogP contribution >= 0.6 is 11.3 Å². The number of aryl methyl sites for hydroxylation is 2. The van der Waals surface area contributed by atoms with Crippen molar-refractivity contribution in [1.29, 1.82) is 0 Å². The highest BCUT2D eigenvalue weighted by atomic mass is 32.2. The molecular weight excluding hydrogens is 370 g/mol. The lowest BCUT2D eigenvalue weighted by Crippen LogP contribution is -2.11. The van der Waals surface area contributed by atoms with Gasteiger partial charge in [-0.05, 0) is 55.5 Å². The maximum Gasteiger partial charge on any atom is 0.265 e. The van der Waals surface area contributed by atoms with Crippen molar-refractivity contribution in [2.45, 2.75) is 50.3 Å². The predicted molar refractivity (Wildman–Crippen MR) is 104 cm³/mol. The van der Waals surface area contributed by atoms with E-state index >= 15 is 0 Å². The van der Waals surface area contributed by atoms with E-state index in [-0.39, 0.29) is 28.0 Å². The van der Waals surface area contributed by atoms with Gasteiger partial charge in [-0.2, -0.15) is 0 Å². The Kier molecular flexibility index (Phi) is 5.67. The van der Waals surface area contributed by atoms with E-state index in [9.17, 15) is 18.3 Å². The molecule has 26 heavy (non-hydrogen) atoms. The Balaban J connectivity index is 1.84. The van der Waals surface area contributed by atoms with Crippen LogP contribution in [0.4, 0.5) is 5.69 Å². The van der Waals surface area contributed by atoms with Crippen LogP contribution in [0.25, 0.3) is 0 Å². The number of hydrogen-bond donors (Lipinski definition) is 2. The zero-order valence-corrected chi connectivity index (χ0v) is 16.4. The summed E-state index contributed by atoms with van der Waals surface area (Å²) in [5, 5.41) is 12.7. The van der Waals surface area contributed by atoms with Crippen LogP contribution < -0.4 is 5.32 Å². The van der Waals surface area contributed by atoms with Crippen LogP contribution in [0.1, 0.15) is 52.7 Å². The van der Waals surface area contributed by atoms with E-state index in [0.29, 0.717) is 4.88 Å².